The van der Waals surface area contributed by atoms with E-state index in [9.17, 15) is 4.39 Å². The van der Waals surface area contributed by atoms with Gasteiger partial charge in [-0.25, -0.2) is 4.39 Å². The fourth-order valence-corrected chi connectivity index (χ4v) is 2.33. The molecular formula is C17H20FNO. The molecule has 0 saturated heterocycles. The van der Waals surface area contributed by atoms with Crippen molar-refractivity contribution in [3.05, 3.63) is 71.5 Å². The molecule has 2 atom stereocenters. The fourth-order valence-electron chi connectivity index (χ4n) is 2.33. The summed E-state index contributed by atoms with van der Waals surface area (Å²) in [6.07, 6.45) is 0.404. The molecule has 0 spiro atoms. The van der Waals surface area contributed by atoms with E-state index < -0.39 is 0 Å². The number of rotatable bonds is 6. The van der Waals surface area contributed by atoms with Crippen molar-refractivity contribution in [3.8, 4) is 0 Å². The first-order chi connectivity index (χ1) is 9.70. The number of benzene rings is 2. The Kier molecular flexibility index (Phi) is 5.27. The third kappa shape index (κ3) is 3.89. The average Bonchev–Trinajstić information content (AvgIpc) is 2.45. The molecule has 0 amide bonds. The minimum absolute atomic E-state index is 0.176. The number of halogens is 1. The molecule has 2 nitrogen and oxygen atoms in total. The molecule has 0 aliphatic rings. The van der Waals surface area contributed by atoms with Gasteiger partial charge in [-0.05, 0) is 36.6 Å². The second kappa shape index (κ2) is 7.17. The summed E-state index contributed by atoms with van der Waals surface area (Å²) in [5.74, 6) is -0.234. The molecule has 0 heterocycles. The molecule has 2 aromatic carbocycles. The SMILES string of the molecule is CCOC(c1ccccc1)C(N)Cc1cccc(F)c1. The van der Waals surface area contributed by atoms with Gasteiger partial charge >= 0.3 is 0 Å². The van der Waals surface area contributed by atoms with E-state index >= 15 is 0 Å². The molecular weight excluding hydrogens is 253 g/mol. The Morgan fingerprint density at radius 1 is 1.10 bits per heavy atom. The Labute approximate surface area is 119 Å². The van der Waals surface area contributed by atoms with Crippen molar-refractivity contribution in [3.63, 3.8) is 0 Å². The normalized spacial score (nSPS) is 13.9. The molecule has 0 radical (unpaired) electrons. The minimum Gasteiger partial charge on any atom is -0.372 e. The second-order valence-corrected chi connectivity index (χ2v) is 4.78. The molecule has 0 aliphatic carbocycles. The van der Waals surface area contributed by atoms with E-state index in [1.54, 1.807) is 6.07 Å². The van der Waals surface area contributed by atoms with Gasteiger partial charge in [0, 0.05) is 12.6 Å². The highest BCUT2D eigenvalue weighted by Gasteiger charge is 2.20. The molecule has 3 heteroatoms. The maximum atomic E-state index is 13.2. The number of ether oxygens (including phenoxy) is 1. The van der Waals surface area contributed by atoms with Crippen LogP contribution in [0.2, 0.25) is 0 Å². The van der Waals surface area contributed by atoms with Crippen molar-refractivity contribution < 1.29 is 9.13 Å². The lowest BCUT2D eigenvalue weighted by atomic mass is 9.96. The Morgan fingerprint density at radius 2 is 1.85 bits per heavy atom. The summed E-state index contributed by atoms with van der Waals surface area (Å²) in [7, 11) is 0. The topological polar surface area (TPSA) is 35.2 Å². The molecule has 0 aliphatic heterocycles. The first kappa shape index (κ1) is 14.7. The van der Waals surface area contributed by atoms with Crippen LogP contribution >= 0.6 is 0 Å². The zero-order valence-electron chi connectivity index (χ0n) is 11.6. The van der Waals surface area contributed by atoms with E-state index in [1.807, 2.05) is 43.3 Å². The van der Waals surface area contributed by atoms with Crippen LogP contribution in [0.15, 0.2) is 54.6 Å². The fraction of sp³-hybridized carbons (Fsp3) is 0.294. The molecule has 106 valence electrons. The molecule has 0 aromatic heterocycles. The lowest BCUT2D eigenvalue weighted by Gasteiger charge is -2.24. The van der Waals surface area contributed by atoms with Crippen LogP contribution in [0.4, 0.5) is 4.39 Å². The van der Waals surface area contributed by atoms with Crippen molar-refractivity contribution in [2.75, 3.05) is 6.61 Å². The van der Waals surface area contributed by atoms with E-state index in [2.05, 4.69) is 0 Å². The lowest BCUT2D eigenvalue weighted by molar-refractivity contribution is 0.0433. The largest absolute Gasteiger partial charge is 0.372 e. The van der Waals surface area contributed by atoms with Crippen LogP contribution in [-0.4, -0.2) is 12.6 Å². The molecule has 2 unspecified atom stereocenters. The Balaban J connectivity index is 2.13. The highest BCUT2D eigenvalue weighted by Crippen LogP contribution is 2.22. The predicted octanol–water partition coefficient (Wildman–Crippen LogP) is 3.47. The van der Waals surface area contributed by atoms with Crippen molar-refractivity contribution in [1.82, 2.24) is 0 Å². The smallest absolute Gasteiger partial charge is 0.123 e. The maximum absolute atomic E-state index is 13.2. The van der Waals surface area contributed by atoms with Gasteiger partial charge in [-0.3, -0.25) is 0 Å². The quantitative estimate of drug-likeness (QED) is 0.874. The van der Waals surface area contributed by atoms with Crippen LogP contribution in [0.1, 0.15) is 24.2 Å². The van der Waals surface area contributed by atoms with Crippen molar-refractivity contribution in [2.24, 2.45) is 5.73 Å². The number of hydrogen-bond acceptors (Lipinski definition) is 2. The van der Waals surface area contributed by atoms with Crippen LogP contribution in [0.3, 0.4) is 0 Å². The molecule has 0 bridgehead atoms. The van der Waals surface area contributed by atoms with E-state index in [1.165, 1.54) is 12.1 Å². The maximum Gasteiger partial charge on any atom is 0.123 e. The number of nitrogens with two attached hydrogens (primary N) is 1. The predicted molar refractivity (Wildman–Crippen MR) is 78.9 cm³/mol. The zero-order valence-corrected chi connectivity index (χ0v) is 11.6. The molecule has 0 saturated carbocycles. The van der Waals surface area contributed by atoms with E-state index in [4.69, 9.17) is 10.5 Å². The summed E-state index contributed by atoms with van der Waals surface area (Å²) in [4.78, 5) is 0. The highest BCUT2D eigenvalue weighted by molar-refractivity contribution is 5.22. The van der Waals surface area contributed by atoms with Crippen molar-refractivity contribution in [1.29, 1.82) is 0 Å². The molecule has 2 N–H and O–H groups in total. The minimum atomic E-state index is -0.234. The van der Waals surface area contributed by atoms with Gasteiger partial charge < -0.3 is 10.5 Å². The summed E-state index contributed by atoms with van der Waals surface area (Å²) >= 11 is 0. The third-order valence-corrected chi connectivity index (χ3v) is 3.22. The summed E-state index contributed by atoms with van der Waals surface area (Å²) in [6, 6.07) is 16.3. The van der Waals surface area contributed by atoms with E-state index in [-0.39, 0.29) is 18.0 Å². The van der Waals surface area contributed by atoms with Gasteiger partial charge in [-0.1, -0.05) is 42.5 Å². The van der Waals surface area contributed by atoms with E-state index in [0.717, 1.165) is 11.1 Å². The van der Waals surface area contributed by atoms with E-state index in [0.29, 0.717) is 13.0 Å². The molecule has 2 aromatic rings. The molecule has 20 heavy (non-hydrogen) atoms. The standard InChI is InChI=1S/C17H20FNO/c1-2-20-17(14-8-4-3-5-9-14)16(19)12-13-7-6-10-15(18)11-13/h3-11,16-17H,2,12,19H2,1H3. The van der Waals surface area contributed by atoms with Crippen LogP contribution in [0.5, 0.6) is 0 Å². The van der Waals surface area contributed by atoms with Gasteiger partial charge in [0.1, 0.15) is 5.82 Å². The lowest BCUT2D eigenvalue weighted by Crippen LogP contribution is -2.32. The van der Waals surface area contributed by atoms with Crippen LogP contribution in [-0.2, 0) is 11.2 Å². The van der Waals surface area contributed by atoms with Gasteiger partial charge in [-0.15, -0.1) is 0 Å². The molecule has 2 rings (SSSR count). The Hall–Kier alpha value is -1.71. The zero-order chi connectivity index (χ0) is 14.4. The first-order valence-electron chi connectivity index (χ1n) is 6.87. The Bertz CT molecular complexity index is 530. The summed E-state index contributed by atoms with van der Waals surface area (Å²) in [5, 5.41) is 0. The first-order valence-corrected chi connectivity index (χ1v) is 6.87. The second-order valence-electron chi connectivity index (χ2n) is 4.78. The summed E-state index contributed by atoms with van der Waals surface area (Å²) < 4.78 is 19.0. The van der Waals surface area contributed by atoms with Crippen molar-refractivity contribution in [2.45, 2.75) is 25.5 Å². The monoisotopic (exact) mass is 273 g/mol. The highest BCUT2D eigenvalue weighted by atomic mass is 19.1. The van der Waals surface area contributed by atoms with Gasteiger partial charge in [0.2, 0.25) is 0 Å². The molecule has 0 fully saturated rings. The number of hydrogen-bond donors (Lipinski definition) is 1. The summed E-state index contributed by atoms with van der Waals surface area (Å²) in [5.41, 5.74) is 8.21. The summed E-state index contributed by atoms with van der Waals surface area (Å²) in [6.45, 7) is 2.54. The average molecular weight is 273 g/mol. The van der Waals surface area contributed by atoms with Crippen LogP contribution in [0.25, 0.3) is 0 Å². The van der Waals surface area contributed by atoms with Gasteiger partial charge in [0.05, 0.1) is 6.10 Å². The Morgan fingerprint density at radius 3 is 2.50 bits per heavy atom. The van der Waals surface area contributed by atoms with Gasteiger partial charge in [0.15, 0.2) is 0 Å². The van der Waals surface area contributed by atoms with Crippen LogP contribution in [0, 0.1) is 5.82 Å². The van der Waals surface area contributed by atoms with Gasteiger partial charge in [0.25, 0.3) is 0 Å². The van der Waals surface area contributed by atoms with Crippen molar-refractivity contribution >= 4 is 0 Å². The third-order valence-electron chi connectivity index (χ3n) is 3.22. The van der Waals surface area contributed by atoms with Crippen LogP contribution < -0.4 is 5.73 Å². The van der Waals surface area contributed by atoms with Gasteiger partial charge in [-0.2, -0.15) is 0 Å².